The number of halogens is 1. The molecule has 1 nitrogen and oxygen atoms in total. The van der Waals surface area contributed by atoms with Crippen molar-refractivity contribution in [3.63, 3.8) is 0 Å². The zero-order valence-corrected chi connectivity index (χ0v) is 10.2. The van der Waals surface area contributed by atoms with E-state index in [-0.39, 0.29) is 6.61 Å². The Morgan fingerprint density at radius 1 is 1.00 bits per heavy atom. The number of hydrogen-bond acceptors (Lipinski definition) is 1. The maximum atomic E-state index is 8.83. The lowest BCUT2D eigenvalue weighted by atomic mass is 10.0. The van der Waals surface area contributed by atoms with E-state index in [1.165, 1.54) is 0 Å². The monoisotopic (exact) mass is 245 g/mol. The van der Waals surface area contributed by atoms with Gasteiger partial charge >= 0.3 is 0 Å². The highest BCUT2D eigenvalue weighted by Gasteiger charge is 1.98. The Morgan fingerprint density at radius 3 is 2.41 bits per heavy atom. The smallest absolute Gasteiger partial charge is 0.0471 e. The maximum Gasteiger partial charge on any atom is 0.0471 e. The quantitative estimate of drug-likeness (QED) is 0.875. The summed E-state index contributed by atoms with van der Waals surface area (Å²) in [6.45, 7) is 0.192. The van der Waals surface area contributed by atoms with Crippen molar-refractivity contribution in [2.75, 3.05) is 6.61 Å². The highest BCUT2D eigenvalue weighted by atomic mass is 35.5. The van der Waals surface area contributed by atoms with E-state index < -0.39 is 0 Å². The summed E-state index contributed by atoms with van der Waals surface area (Å²) in [7, 11) is 0. The molecular formula is C15H14ClO. The molecule has 17 heavy (non-hydrogen) atoms. The summed E-state index contributed by atoms with van der Waals surface area (Å²) in [6, 6.07) is 15.9. The number of rotatable bonds is 4. The minimum Gasteiger partial charge on any atom is -0.396 e. The fraction of sp³-hybridized carbons (Fsp3) is 0.133. The van der Waals surface area contributed by atoms with Crippen molar-refractivity contribution in [2.24, 2.45) is 0 Å². The molecule has 0 saturated heterocycles. The molecule has 0 aliphatic rings. The van der Waals surface area contributed by atoms with Crippen molar-refractivity contribution in [1.82, 2.24) is 0 Å². The van der Waals surface area contributed by atoms with E-state index in [0.717, 1.165) is 21.7 Å². The van der Waals surface area contributed by atoms with Gasteiger partial charge in [-0.15, -0.1) is 0 Å². The first-order valence-electron chi connectivity index (χ1n) is 5.58. The molecule has 0 saturated carbocycles. The van der Waals surface area contributed by atoms with Crippen LogP contribution in [0.15, 0.2) is 48.5 Å². The molecule has 1 radical (unpaired) electrons. The zero-order valence-electron chi connectivity index (χ0n) is 9.44. The van der Waals surface area contributed by atoms with Crippen LogP contribution in [-0.2, 0) is 6.42 Å². The summed E-state index contributed by atoms with van der Waals surface area (Å²) >= 11 is 5.93. The van der Waals surface area contributed by atoms with Crippen LogP contribution in [-0.4, -0.2) is 11.7 Å². The molecule has 0 fully saturated rings. The lowest BCUT2D eigenvalue weighted by Gasteiger charge is -2.03. The Hall–Kier alpha value is -1.31. The largest absolute Gasteiger partial charge is 0.396 e. The van der Waals surface area contributed by atoms with Crippen molar-refractivity contribution in [3.05, 3.63) is 76.7 Å². The van der Waals surface area contributed by atoms with Gasteiger partial charge in [0.15, 0.2) is 0 Å². The molecule has 0 unspecified atom stereocenters. The van der Waals surface area contributed by atoms with E-state index in [2.05, 4.69) is 6.42 Å². The average molecular weight is 246 g/mol. The van der Waals surface area contributed by atoms with Gasteiger partial charge < -0.3 is 5.11 Å². The normalized spacial score (nSPS) is 10.5. The maximum absolute atomic E-state index is 8.83. The van der Waals surface area contributed by atoms with E-state index in [1.54, 1.807) is 0 Å². The van der Waals surface area contributed by atoms with Crippen LogP contribution >= 0.6 is 11.6 Å². The van der Waals surface area contributed by atoms with E-state index >= 15 is 0 Å². The summed E-state index contributed by atoms with van der Waals surface area (Å²) < 4.78 is 0. The Kier molecular flexibility index (Phi) is 4.18. The first-order valence-corrected chi connectivity index (χ1v) is 5.96. The Labute approximate surface area is 107 Å². The molecule has 2 rings (SSSR count). The molecular weight excluding hydrogens is 232 g/mol. The third-order valence-corrected chi connectivity index (χ3v) is 2.80. The minimum atomic E-state index is 0.192. The minimum absolute atomic E-state index is 0.192. The Morgan fingerprint density at radius 2 is 1.76 bits per heavy atom. The standard InChI is InChI=1S/C15H14ClO/c16-15-3-1-2-14(11-15)10-13-6-4-12(5-7-13)8-9-17/h1-7,10-11,17H,8-9H2. The average Bonchev–Trinajstić information content (AvgIpc) is 2.32. The lowest BCUT2D eigenvalue weighted by molar-refractivity contribution is 0.299. The molecule has 0 heterocycles. The lowest BCUT2D eigenvalue weighted by Crippen LogP contribution is -1.91. The van der Waals surface area contributed by atoms with Gasteiger partial charge in [0.05, 0.1) is 0 Å². The molecule has 0 spiro atoms. The molecule has 0 aliphatic heterocycles. The van der Waals surface area contributed by atoms with Gasteiger partial charge in [0.1, 0.15) is 0 Å². The van der Waals surface area contributed by atoms with Crippen LogP contribution in [0.25, 0.3) is 0 Å². The van der Waals surface area contributed by atoms with Gasteiger partial charge in [-0.3, -0.25) is 0 Å². The van der Waals surface area contributed by atoms with Crippen molar-refractivity contribution in [1.29, 1.82) is 0 Å². The fourth-order valence-corrected chi connectivity index (χ4v) is 1.90. The third kappa shape index (κ3) is 3.58. The van der Waals surface area contributed by atoms with Gasteiger partial charge in [0, 0.05) is 18.1 Å². The van der Waals surface area contributed by atoms with Gasteiger partial charge in [-0.05, 0) is 35.2 Å². The second-order valence-corrected chi connectivity index (χ2v) is 4.35. The molecule has 0 aliphatic carbocycles. The van der Waals surface area contributed by atoms with Crippen LogP contribution in [0.2, 0.25) is 5.02 Å². The molecule has 2 aromatic carbocycles. The van der Waals surface area contributed by atoms with Gasteiger partial charge in [-0.2, -0.15) is 0 Å². The fourth-order valence-electron chi connectivity index (χ4n) is 1.70. The van der Waals surface area contributed by atoms with Gasteiger partial charge in [0.25, 0.3) is 0 Å². The molecule has 2 heteroatoms. The molecule has 87 valence electrons. The van der Waals surface area contributed by atoms with E-state index in [0.29, 0.717) is 6.42 Å². The number of aliphatic hydroxyl groups is 1. The van der Waals surface area contributed by atoms with Crippen molar-refractivity contribution < 1.29 is 5.11 Å². The summed E-state index contributed by atoms with van der Waals surface area (Å²) in [5.41, 5.74) is 3.37. The second-order valence-electron chi connectivity index (χ2n) is 3.91. The Balaban J connectivity index is 2.08. The van der Waals surface area contributed by atoms with Crippen LogP contribution in [0, 0.1) is 6.42 Å². The molecule has 0 amide bonds. The highest BCUT2D eigenvalue weighted by Crippen LogP contribution is 2.16. The van der Waals surface area contributed by atoms with Crippen LogP contribution in [0.3, 0.4) is 0 Å². The molecule has 0 bridgehead atoms. The molecule has 1 N–H and O–H groups in total. The van der Waals surface area contributed by atoms with Gasteiger partial charge in [0.2, 0.25) is 0 Å². The van der Waals surface area contributed by atoms with Crippen LogP contribution in [0.5, 0.6) is 0 Å². The van der Waals surface area contributed by atoms with Crippen LogP contribution < -0.4 is 0 Å². The zero-order chi connectivity index (χ0) is 12.1. The Bertz CT molecular complexity index is 477. The summed E-state index contributed by atoms with van der Waals surface area (Å²) in [4.78, 5) is 0. The summed E-state index contributed by atoms with van der Waals surface area (Å²) in [5.74, 6) is 0. The van der Waals surface area contributed by atoms with E-state index in [1.807, 2.05) is 48.5 Å². The SMILES string of the molecule is OCCc1ccc([CH]c2cccc(Cl)c2)cc1. The topological polar surface area (TPSA) is 20.2 Å². The molecule has 2 aromatic rings. The summed E-state index contributed by atoms with van der Waals surface area (Å²) in [6.07, 6.45) is 2.78. The predicted octanol–water partition coefficient (Wildman–Crippen LogP) is 3.48. The first kappa shape index (κ1) is 12.2. The number of aliphatic hydroxyl groups excluding tert-OH is 1. The van der Waals surface area contributed by atoms with Gasteiger partial charge in [-0.25, -0.2) is 0 Å². The van der Waals surface area contributed by atoms with Crippen LogP contribution in [0.4, 0.5) is 0 Å². The second kappa shape index (κ2) is 5.85. The first-order chi connectivity index (χ1) is 8.28. The highest BCUT2D eigenvalue weighted by molar-refractivity contribution is 6.30. The predicted molar refractivity (Wildman–Crippen MR) is 71.2 cm³/mol. The molecule has 0 atom stereocenters. The van der Waals surface area contributed by atoms with Gasteiger partial charge in [-0.1, -0.05) is 48.0 Å². The van der Waals surface area contributed by atoms with E-state index in [9.17, 15) is 0 Å². The molecule has 0 aromatic heterocycles. The third-order valence-electron chi connectivity index (χ3n) is 2.56. The van der Waals surface area contributed by atoms with Crippen molar-refractivity contribution >= 4 is 11.6 Å². The summed E-state index contributed by atoms with van der Waals surface area (Å²) in [5, 5.41) is 9.58. The number of benzene rings is 2. The van der Waals surface area contributed by atoms with Crippen LogP contribution in [0.1, 0.15) is 16.7 Å². The number of hydrogen-bond donors (Lipinski definition) is 1. The van der Waals surface area contributed by atoms with E-state index in [4.69, 9.17) is 16.7 Å². The van der Waals surface area contributed by atoms with Crippen molar-refractivity contribution in [2.45, 2.75) is 6.42 Å². The van der Waals surface area contributed by atoms with Crippen molar-refractivity contribution in [3.8, 4) is 0 Å².